The normalized spacial score (nSPS) is 20.0. The molecule has 4 aliphatic carbocycles. The Morgan fingerprint density at radius 3 is 2.02 bits per heavy atom. The Hall–Kier alpha value is -2.05. The van der Waals surface area contributed by atoms with Crippen molar-refractivity contribution in [1.29, 1.82) is 0 Å². The zero-order valence-corrected chi connectivity index (χ0v) is 35.9. The van der Waals surface area contributed by atoms with Crippen LogP contribution in [0.25, 0.3) is 22.3 Å². The summed E-state index contributed by atoms with van der Waals surface area (Å²) in [5.41, 5.74) is 16.3. The Bertz CT molecular complexity index is 2060. The second-order valence-electron chi connectivity index (χ2n) is 18.1. The van der Waals surface area contributed by atoms with E-state index in [-0.39, 0.29) is 41.1 Å². The van der Waals surface area contributed by atoms with Gasteiger partial charge >= 0.3 is 288 Å². The van der Waals surface area contributed by atoms with Crippen molar-refractivity contribution in [3.05, 3.63) is 118 Å². The summed E-state index contributed by atoms with van der Waals surface area (Å²) < 4.78 is 13.2. The van der Waals surface area contributed by atoms with Gasteiger partial charge in [-0.05, 0) is 0 Å². The first-order valence-electron chi connectivity index (χ1n) is 18.2. The maximum atomic E-state index is 5.66. The molecule has 0 N–H and O–H groups in total. The molecule has 0 saturated heterocycles. The van der Waals surface area contributed by atoms with Gasteiger partial charge in [-0.1, -0.05) is 0 Å². The first-order chi connectivity index (χ1) is 21.9. The number of fused-ring (bicyclic) bond motifs is 5. The minimum absolute atomic E-state index is 0. The third kappa shape index (κ3) is 5.51. The van der Waals surface area contributed by atoms with E-state index >= 15 is 0 Å². The van der Waals surface area contributed by atoms with Crippen molar-refractivity contribution in [2.75, 3.05) is 0 Å². The van der Waals surface area contributed by atoms with E-state index in [4.69, 9.17) is 4.21 Å². The van der Waals surface area contributed by atoms with Crippen LogP contribution in [0, 0.1) is 11.3 Å². The van der Waals surface area contributed by atoms with Crippen LogP contribution < -0.4 is 3.27 Å². The summed E-state index contributed by atoms with van der Waals surface area (Å²) in [6, 6.07) is 21.8. The zero-order valence-electron chi connectivity index (χ0n) is 31.9. The number of hydrogen-bond donors (Lipinski definition) is 0. The van der Waals surface area contributed by atoms with Crippen LogP contribution in [-0.2, 0) is 35.5 Å². The Morgan fingerprint density at radius 2 is 1.43 bits per heavy atom. The van der Waals surface area contributed by atoms with Crippen LogP contribution in [0.5, 0.6) is 0 Å². The molecule has 0 saturated carbocycles. The van der Waals surface area contributed by atoms with Crippen molar-refractivity contribution in [1.82, 2.24) is 0 Å². The molecule has 0 spiro atoms. The Labute approximate surface area is 310 Å². The third-order valence-corrected chi connectivity index (χ3v) is 28.3. The number of rotatable bonds is 6. The molecule has 260 valence electrons. The molecule has 0 fully saturated rings. The van der Waals surface area contributed by atoms with Crippen molar-refractivity contribution >= 4 is 43.4 Å². The molecule has 49 heavy (non-hydrogen) atoms. The summed E-state index contributed by atoms with van der Waals surface area (Å²) in [6.07, 6.45) is 12.5. The predicted octanol–water partition coefficient (Wildman–Crippen LogP) is 13.0. The first kappa shape index (κ1) is 38.2. The first-order valence-corrected chi connectivity index (χ1v) is 26.1. The average Bonchev–Trinajstić information content (AvgIpc) is 3.70. The van der Waals surface area contributed by atoms with Crippen LogP contribution >= 0.6 is 24.8 Å². The van der Waals surface area contributed by atoms with Crippen molar-refractivity contribution in [3.8, 4) is 11.1 Å². The Kier molecular flexibility index (Phi) is 9.57. The fraction of sp³-hybridized carbons (Fsp3) is 0.413. The van der Waals surface area contributed by atoms with E-state index in [9.17, 15) is 0 Å². The molecular formula is C46H58Cl2Zr. The van der Waals surface area contributed by atoms with Crippen LogP contribution in [0.3, 0.4) is 0 Å². The summed E-state index contributed by atoms with van der Waals surface area (Å²) in [5, 5.41) is 0. The standard InChI is InChI=1S/C25H25.C13H21.C6H5.CH3.CH2.2ClH.Zr/c1-14-12-24(3,4)22-8-16-7-17-9-23-19(15(2)13-25(23,5)6)11-21(17)20(16)10-18(14)22;1-5-6-7-11-8-9-12(10-11)13(2,3)4;1-2-4-6-5-3-1;;;;;/h8-12H,7H2,1-6H3;9-11H,5-7H2,1-4H3;1-5H;1H3;1H2;2*1H;. The molecule has 4 aliphatic rings. The molecule has 0 aliphatic heterocycles. The van der Waals surface area contributed by atoms with Gasteiger partial charge in [-0.15, -0.1) is 24.8 Å². The SMILES string of the molecule is Cl.Cl.[CH2]=[Zr]([CH3])([C]1=CC(C(C)(C)C)=CC1CCCC)([C]1=C(C)c2cc3c(cc2C1(C)C)Cc1cc2c(cc1-3)C(C)=CC2(C)C)[c]1ccccc1. The number of allylic oxidation sites excluding steroid dienone is 8. The molecular weight excluding hydrogens is 715 g/mol. The second kappa shape index (κ2) is 12.3. The monoisotopic (exact) mass is 770 g/mol. The van der Waals surface area contributed by atoms with Crippen molar-refractivity contribution in [2.45, 2.75) is 110 Å². The van der Waals surface area contributed by atoms with Gasteiger partial charge < -0.3 is 0 Å². The number of halogens is 2. The van der Waals surface area contributed by atoms with Crippen LogP contribution in [0.15, 0.2) is 85.0 Å². The predicted molar refractivity (Wildman–Crippen MR) is 219 cm³/mol. The molecule has 0 bridgehead atoms. The molecule has 7 rings (SSSR count). The quantitative estimate of drug-likeness (QED) is 0.183. The second-order valence-corrected chi connectivity index (χ2v) is 32.0. The van der Waals surface area contributed by atoms with E-state index in [0.717, 1.165) is 6.42 Å². The van der Waals surface area contributed by atoms with Crippen molar-refractivity contribution in [2.24, 2.45) is 11.3 Å². The summed E-state index contributed by atoms with van der Waals surface area (Å²) in [4.78, 5) is 0. The number of benzene rings is 3. The molecule has 0 radical (unpaired) electrons. The molecule has 1 unspecified atom stereocenters. The molecule has 0 heterocycles. The van der Waals surface area contributed by atoms with Gasteiger partial charge in [0.25, 0.3) is 0 Å². The van der Waals surface area contributed by atoms with Gasteiger partial charge in [-0.25, -0.2) is 0 Å². The molecule has 0 amide bonds. The van der Waals surface area contributed by atoms with Gasteiger partial charge in [-0.2, -0.15) is 0 Å². The van der Waals surface area contributed by atoms with Crippen molar-refractivity contribution < 1.29 is 18.3 Å². The van der Waals surface area contributed by atoms with Crippen LogP contribution in [-0.4, -0.2) is 4.21 Å². The van der Waals surface area contributed by atoms with Crippen molar-refractivity contribution in [3.63, 3.8) is 0 Å². The molecule has 1 atom stereocenters. The summed E-state index contributed by atoms with van der Waals surface area (Å²) in [7, 11) is 0. The van der Waals surface area contributed by atoms with Gasteiger partial charge in [0.05, 0.1) is 0 Å². The van der Waals surface area contributed by atoms with E-state index in [1.54, 1.807) is 6.56 Å². The summed E-state index contributed by atoms with van der Waals surface area (Å²) in [6.45, 7) is 24.0. The van der Waals surface area contributed by atoms with Gasteiger partial charge in [0.1, 0.15) is 0 Å². The third-order valence-electron chi connectivity index (χ3n) is 12.8. The van der Waals surface area contributed by atoms with Crippen LogP contribution in [0.2, 0.25) is 4.63 Å². The molecule has 3 aromatic rings. The van der Waals surface area contributed by atoms with Gasteiger partial charge in [0, 0.05) is 0 Å². The van der Waals surface area contributed by atoms with E-state index in [2.05, 4.69) is 147 Å². The average molecular weight is 773 g/mol. The van der Waals surface area contributed by atoms with E-state index in [1.165, 1.54) is 83.8 Å². The van der Waals surface area contributed by atoms with E-state index in [1.807, 2.05) is 0 Å². The summed E-state index contributed by atoms with van der Waals surface area (Å²) in [5.74, 6) is 0.455. The van der Waals surface area contributed by atoms with Gasteiger partial charge in [0.2, 0.25) is 0 Å². The van der Waals surface area contributed by atoms with Gasteiger partial charge in [0.15, 0.2) is 0 Å². The minimum atomic E-state index is -4.42. The number of hydrogen-bond acceptors (Lipinski definition) is 0. The molecule has 3 heteroatoms. The molecule has 0 nitrogen and oxygen atoms in total. The molecule has 3 aromatic carbocycles. The van der Waals surface area contributed by atoms with Crippen LogP contribution in [0.4, 0.5) is 0 Å². The van der Waals surface area contributed by atoms with E-state index in [0.29, 0.717) is 5.92 Å². The Balaban J connectivity index is 0.00000234. The fourth-order valence-corrected chi connectivity index (χ4v) is 27.2. The van der Waals surface area contributed by atoms with Crippen LogP contribution in [0.1, 0.15) is 122 Å². The topological polar surface area (TPSA) is 0 Å². The Morgan fingerprint density at radius 1 is 0.837 bits per heavy atom. The summed E-state index contributed by atoms with van der Waals surface area (Å²) >= 11 is -4.42. The zero-order chi connectivity index (χ0) is 33.9. The van der Waals surface area contributed by atoms with E-state index < -0.39 is 18.3 Å². The fourth-order valence-electron chi connectivity index (χ4n) is 10.6. The number of unbranched alkanes of at least 4 members (excludes halogenated alkanes) is 1. The maximum absolute atomic E-state index is 5.66. The molecule has 0 aromatic heterocycles. The van der Waals surface area contributed by atoms with Gasteiger partial charge in [-0.3, -0.25) is 0 Å².